The second-order valence-electron chi connectivity index (χ2n) is 18.7. The fourth-order valence-corrected chi connectivity index (χ4v) is 7.68. The fourth-order valence-electron chi connectivity index (χ4n) is 7.68. The third kappa shape index (κ3) is 9.18. The maximum atomic E-state index is 14.5. The van der Waals surface area contributed by atoms with Gasteiger partial charge in [0.1, 0.15) is 12.1 Å². The average Bonchev–Trinajstić information content (AvgIpc) is 3.84. The van der Waals surface area contributed by atoms with Crippen LogP contribution >= 0.6 is 0 Å². The summed E-state index contributed by atoms with van der Waals surface area (Å²) in [6.45, 7) is 23.0. The standard InChI is InChI=1S/C38H60N6O7/c1-12-15-39-32(49)29(47)23(16-21-13-14-21)40-31(48)28-27-22(38(27,10)11)19-44(28)33(50)30(36(5,6)7)42-34(51)41-24(35(2,3)4)20-43-25(45)17-37(8,9)18-26(43)46/h12,21-24,27-28,30H,1,13-20H2,2-11H3,(H,39,49)(H,40,48)(H2,41,42,51)/t22-,23?,24?,27-,28?,30+/m0/s1. The molecule has 0 aromatic rings. The number of hydrogen-bond acceptors (Lipinski definition) is 7. The van der Waals surface area contributed by atoms with Gasteiger partial charge in [0.2, 0.25) is 29.4 Å². The summed E-state index contributed by atoms with van der Waals surface area (Å²) in [5.74, 6) is -2.86. The number of Topliss-reactive ketones (excluding diaryl/α,β-unsaturated/α-hetero) is 1. The second-order valence-corrected chi connectivity index (χ2v) is 18.7. The minimum absolute atomic E-state index is 0.00202. The number of carbonyl (C=O) groups is 7. The number of urea groups is 1. The lowest BCUT2D eigenvalue weighted by Crippen LogP contribution is -2.63. The molecule has 4 N–H and O–H groups in total. The molecule has 2 aliphatic heterocycles. The highest BCUT2D eigenvalue weighted by Gasteiger charge is 2.70. The molecule has 284 valence electrons. The predicted octanol–water partition coefficient (Wildman–Crippen LogP) is 2.93. The van der Waals surface area contributed by atoms with Crippen molar-refractivity contribution in [2.75, 3.05) is 19.6 Å². The normalized spacial score (nSPS) is 25.6. The van der Waals surface area contributed by atoms with E-state index in [0.29, 0.717) is 13.0 Å². The second kappa shape index (κ2) is 14.3. The molecule has 2 saturated carbocycles. The molecule has 0 aromatic heterocycles. The van der Waals surface area contributed by atoms with Gasteiger partial charge in [-0.3, -0.25) is 33.7 Å². The van der Waals surface area contributed by atoms with E-state index in [1.54, 1.807) is 0 Å². The van der Waals surface area contributed by atoms with Crippen LogP contribution in [0, 0.1) is 39.4 Å². The molecule has 4 aliphatic rings. The van der Waals surface area contributed by atoms with E-state index in [0.717, 1.165) is 12.8 Å². The van der Waals surface area contributed by atoms with Gasteiger partial charge in [0.25, 0.3) is 5.91 Å². The lowest BCUT2D eigenvalue weighted by atomic mass is 9.80. The van der Waals surface area contributed by atoms with E-state index in [9.17, 15) is 33.6 Å². The Morgan fingerprint density at radius 1 is 0.902 bits per heavy atom. The highest BCUT2D eigenvalue weighted by Crippen LogP contribution is 2.65. The van der Waals surface area contributed by atoms with Crippen LogP contribution in [0.1, 0.15) is 101 Å². The SMILES string of the molecule is C=CCNC(=O)C(=O)C(CC1CC1)NC(=O)C1[C@@H]2[C@H](CN1C(=O)[C@@H](NC(=O)NC(CN1C(=O)CC(C)(C)CC1=O)C(C)(C)C)C(C)(C)C)C2(C)C. The number of hydrogen-bond donors (Lipinski definition) is 4. The number of carbonyl (C=O) groups excluding carboxylic acids is 7. The van der Waals surface area contributed by atoms with Crippen molar-refractivity contribution in [1.82, 2.24) is 31.1 Å². The van der Waals surface area contributed by atoms with Gasteiger partial charge in [-0.15, -0.1) is 6.58 Å². The summed E-state index contributed by atoms with van der Waals surface area (Å²) < 4.78 is 0. The molecule has 0 aromatic carbocycles. The van der Waals surface area contributed by atoms with E-state index in [1.807, 2.05) is 55.4 Å². The smallest absolute Gasteiger partial charge is 0.315 e. The summed E-state index contributed by atoms with van der Waals surface area (Å²) in [4.78, 5) is 96.7. The molecule has 4 fully saturated rings. The van der Waals surface area contributed by atoms with E-state index in [2.05, 4.69) is 41.7 Å². The number of ketones is 1. The number of nitrogens with zero attached hydrogens (tertiary/aromatic N) is 2. The van der Waals surface area contributed by atoms with Crippen LogP contribution in [-0.2, 0) is 28.8 Å². The van der Waals surface area contributed by atoms with Crippen molar-refractivity contribution in [1.29, 1.82) is 0 Å². The van der Waals surface area contributed by atoms with Crippen molar-refractivity contribution in [3.63, 3.8) is 0 Å². The fraction of sp³-hybridized carbons (Fsp3) is 0.763. The largest absolute Gasteiger partial charge is 0.346 e. The van der Waals surface area contributed by atoms with Crippen LogP contribution in [0.15, 0.2) is 12.7 Å². The van der Waals surface area contributed by atoms with E-state index in [-0.39, 0.29) is 60.9 Å². The van der Waals surface area contributed by atoms with Gasteiger partial charge in [0.05, 0.1) is 12.1 Å². The number of nitrogens with one attached hydrogen (secondary N) is 4. The monoisotopic (exact) mass is 712 g/mol. The molecular weight excluding hydrogens is 652 g/mol. The van der Waals surface area contributed by atoms with Crippen LogP contribution in [0.25, 0.3) is 0 Å². The first-order valence-electron chi connectivity index (χ1n) is 18.3. The van der Waals surface area contributed by atoms with Gasteiger partial charge in [0, 0.05) is 32.5 Å². The van der Waals surface area contributed by atoms with Gasteiger partial charge < -0.3 is 26.2 Å². The molecule has 0 bridgehead atoms. The Bertz CT molecular complexity index is 1430. The number of piperidine rings is 2. The van der Waals surface area contributed by atoms with E-state index in [4.69, 9.17) is 0 Å². The minimum atomic E-state index is -1.04. The summed E-state index contributed by atoms with van der Waals surface area (Å²) in [6.07, 6.45) is 4.10. The van der Waals surface area contributed by atoms with Crippen molar-refractivity contribution in [2.45, 2.75) is 126 Å². The van der Waals surface area contributed by atoms with Gasteiger partial charge in [0.15, 0.2) is 0 Å². The summed E-state index contributed by atoms with van der Waals surface area (Å²) in [5.41, 5.74) is -1.96. The molecule has 2 saturated heterocycles. The lowest BCUT2D eigenvalue weighted by molar-refractivity contribution is -0.153. The molecule has 13 heteroatoms. The summed E-state index contributed by atoms with van der Waals surface area (Å²) >= 11 is 0. The van der Waals surface area contributed by atoms with Crippen LogP contribution in [0.4, 0.5) is 4.79 Å². The molecule has 7 amide bonds. The third-order valence-corrected chi connectivity index (χ3v) is 11.3. The Hall–Kier alpha value is -3.77. The Balaban J connectivity index is 1.52. The molecule has 13 nitrogen and oxygen atoms in total. The Kier molecular flexibility index (Phi) is 11.2. The molecule has 0 spiro atoms. The number of rotatable bonds is 13. The predicted molar refractivity (Wildman–Crippen MR) is 192 cm³/mol. The first-order valence-corrected chi connectivity index (χ1v) is 18.3. The highest BCUT2D eigenvalue weighted by atomic mass is 16.2. The Morgan fingerprint density at radius 2 is 1.49 bits per heavy atom. The van der Waals surface area contributed by atoms with E-state index >= 15 is 0 Å². The summed E-state index contributed by atoms with van der Waals surface area (Å²) in [5, 5.41) is 11.2. The van der Waals surface area contributed by atoms with Crippen molar-refractivity contribution < 1.29 is 33.6 Å². The maximum Gasteiger partial charge on any atom is 0.315 e. The van der Waals surface area contributed by atoms with E-state index < -0.39 is 69.9 Å². The zero-order valence-electron chi connectivity index (χ0n) is 32.2. The highest BCUT2D eigenvalue weighted by molar-refractivity contribution is 6.38. The Morgan fingerprint density at radius 3 is 2.00 bits per heavy atom. The zero-order valence-corrected chi connectivity index (χ0v) is 32.2. The minimum Gasteiger partial charge on any atom is -0.346 e. The Labute approximate surface area is 302 Å². The number of likely N-dealkylation sites (tertiary alicyclic amines) is 2. The number of amides is 7. The molecule has 51 heavy (non-hydrogen) atoms. The van der Waals surface area contributed by atoms with E-state index in [1.165, 1.54) is 15.9 Å². The van der Waals surface area contributed by atoms with Crippen molar-refractivity contribution in [3.05, 3.63) is 12.7 Å². The van der Waals surface area contributed by atoms with Crippen LogP contribution in [0.2, 0.25) is 0 Å². The molecule has 0 radical (unpaired) electrons. The third-order valence-electron chi connectivity index (χ3n) is 11.3. The number of fused-ring (bicyclic) bond motifs is 1. The van der Waals surface area contributed by atoms with Crippen molar-refractivity contribution in [3.8, 4) is 0 Å². The average molecular weight is 713 g/mol. The van der Waals surface area contributed by atoms with Crippen LogP contribution < -0.4 is 21.3 Å². The molecule has 3 unspecified atom stereocenters. The van der Waals surface area contributed by atoms with Crippen molar-refractivity contribution in [2.24, 2.45) is 39.4 Å². The van der Waals surface area contributed by atoms with Crippen LogP contribution in [0.3, 0.4) is 0 Å². The topological polar surface area (TPSA) is 174 Å². The zero-order chi connectivity index (χ0) is 38.4. The van der Waals surface area contributed by atoms with Gasteiger partial charge in [-0.2, -0.15) is 0 Å². The molecule has 6 atom stereocenters. The van der Waals surface area contributed by atoms with Gasteiger partial charge in [-0.25, -0.2) is 4.79 Å². The van der Waals surface area contributed by atoms with Gasteiger partial charge in [-0.05, 0) is 45.8 Å². The first kappa shape index (κ1) is 40.0. The first-order chi connectivity index (χ1) is 23.4. The molecule has 4 rings (SSSR count). The van der Waals surface area contributed by atoms with Crippen molar-refractivity contribution >= 4 is 41.4 Å². The quantitative estimate of drug-likeness (QED) is 0.129. The lowest BCUT2D eigenvalue weighted by Gasteiger charge is -2.40. The molecule has 2 aliphatic carbocycles. The molecular formula is C38H60N6O7. The summed E-state index contributed by atoms with van der Waals surface area (Å²) in [6, 6.07) is -4.20. The number of imide groups is 1. The summed E-state index contributed by atoms with van der Waals surface area (Å²) in [7, 11) is 0. The van der Waals surface area contributed by atoms with Crippen LogP contribution in [-0.4, -0.2) is 95.0 Å². The maximum absolute atomic E-state index is 14.5. The van der Waals surface area contributed by atoms with Gasteiger partial charge in [-0.1, -0.05) is 88.2 Å². The van der Waals surface area contributed by atoms with Gasteiger partial charge >= 0.3 is 6.03 Å². The van der Waals surface area contributed by atoms with Crippen LogP contribution in [0.5, 0.6) is 0 Å². The molecule has 2 heterocycles.